The summed E-state index contributed by atoms with van der Waals surface area (Å²) in [6.45, 7) is 5.57. The molecule has 0 amide bonds. The topological polar surface area (TPSA) is 72.0 Å². The van der Waals surface area contributed by atoms with Crippen molar-refractivity contribution in [2.24, 2.45) is 16.6 Å². The van der Waals surface area contributed by atoms with Gasteiger partial charge < -0.3 is 5.73 Å². The molecule has 1 atom stereocenters. The van der Waals surface area contributed by atoms with E-state index in [0.717, 1.165) is 23.2 Å². The molecule has 3 rings (SSSR count). The van der Waals surface area contributed by atoms with E-state index in [4.69, 9.17) is 5.73 Å². The first-order valence-corrected chi connectivity index (χ1v) is 9.53. The van der Waals surface area contributed by atoms with Crippen LogP contribution in [0.1, 0.15) is 51.3 Å². The SMILES string of the molecule is C=CC1=C(/C=C/C2CCC2)CCC(N=C(C=C(C)N)n2nc(C(F)(F)F)[nH]2)C1. The van der Waals surface area contributed by atoms with Gasteiger partial charge in [0.15, 0.2) is 5.84 Å². The van der Waals surface area contributed by atoms with Crippen LogP contribution in [-0.4, -0.2) is 26.9 Å². The predicted octanol–water partition coefficient (Wildman–Crippen LogP) is 4.73. The maximum Gasteiger partial charge on any atom is 0.452 e. The molecule has 0 spiro atoms. The molecular weight excluding hydrogens is 367 g/mol. The van der Waals surface area contributed by atoms with Crippen molar-refractivity contribution in [2.75, 3.05) is 0 Å². The van der Waals surface area contributed by atoms with E-state index >= 15 is 0 Å². The number of hydrogen-bond acceptors (Lipinski definition) is 3. The van der Waals surface area contributed by atoms with Crippen LogP contribution in [0.5, 0.6) is 0 Å². The van der Waals surface area contributed by atoms with E-state index in [1.54, 1.807) is 6.92 Å². The highest BCUT2D eigenvalue weighted by Gasteiger charge is 2.37. The summed E-state index contributed by atoms with van der Waals surface area (Å²) in [5, 5.41) is 5.65. The summed E-state index contributed by atoms with van der Waals surface area (Å²) in [6.07, 6.45) is 9.56. The number of H-pyrrole nitrogens is 1. The number of aromatic nitrogens is 3. The maximum atomic E-state index is 12.6. The number of rotatable bonds is 5. The van der Waals surface area contributed by atoms with E-state index in [1.165, 1.54) is 30.9 Å². The van der Waals surface area contributed by atoms with E-state index in [1.807, 2.05) is 6.08 Å². The second kappa shape index (κ2) is 8.24. The summed E-state index contributed by atoms with van der Waals surface area (Å²) in [5.74, 6) is -0.0753. The van der Waals surface area contributed by atoms with Gasteiger partial charge >= 0.3 is 6.18 Å². The third kappa shape index (κ3) is 4.85. The highest BCUT2D eigenvalue weighted by molar-refractivity contribution is 5.94. The lowest BCUT2D eigenvalue weighted by atomic mass is 9.83. The number of halogens is 3. The Morgan fingerprint density at radius 2 is 2.04 bits per heavy atom. The van der Waals surface area contributed by atoms with E-state index in [-0.39, 0.29) is 11.9 Å². The minimum Gasteiger partial charge on any atom is -0.402 e. The second-order valence-electron chi connectivity index (χ2n) is 7.45. The van der Waals surface area contributed by atoms with Crippen LogP contribution < -0.4 is 5.73 Å². The zero-order valence-electron chi connectivity index (χ0n) is 16.0. The normalized spacial score (nSPS) is 22.8. The number of aromatic amines is 1. The van der Waals surface area contributed by atoms with Crippen LogP contribution in [0.15, 0.2) is 52.7 Å². The molecule has 2 aliphatic carbocycles. The molecule has 1 fully saturated rings. The average Bonchev–Trinajstić information content (AvgIpc) is 2.51. The number of alkyl halides is 3. The standard InChI is InChI=1S/C20H26F3N5/c1-3-15-12-17(10-9-16(15)8-7-14-5-4-6-14)25-18(11-13(2)24)28-26-19(27-28)20(21,22)23/h3,7-8,11,14,17H,1,4-6,9-10,12,24H2,2H3,(H,26,27)/b8-7+,13-11?,25-18?. The van der Waals surface area contributed by atoms with Gasteiger partial charge in [-0.25, -0.2) is 0 Å². The molecule has 1 aromatic rings. The van der Waals surface area contributed by atoms with Crippen LogP contribution in [0.2, 0.25) is 0 Å². The predicted molar refractivity (Wildman–Crippen MR) is 104 cm³/mol. The Bertz CT molecular complexity index is 815. The van der Waals surface area contributed by atoms with Gasteiger partial charge in [-0.15, -0.1) is 5.10 Å². The molecule has 8 heteroatoms. The van der Waals surface area contributed by atoms with Gasteiger partial charge in [0.1, 0.15) is 0 Å². The lowest BCUT2D eigenvalue weighted by Gasteiger charge is -2.25. The van der Waals surface area contributed by atoms with Gasteiger partial charge in [-0.3, -0.25) is 10.1 Å². The first-order chi connectivity index (χ1) is 13.3. The number of aliphatic imine (C=N–C) groups is 1. The third-order valence-electron chi connectivity index (χ3n) is 5.15. The Morgan fingerprint density at radius 1 is 1.32 bits per heavy atom. The molecule has 0 bridgehead atoms. The lowest BCUT2D eigenvalue weighted by molar-refractivity contribution is -0.150. The van der Waals surface area contributed by atoms with Gasteiger partial charge in [0.05, 0.1) is 6.04 Å². The minimum absolute atomic E-state index is 0.0635. The van der Waals surface area contributed by atoms with Crippen molar-refractivity contribution in [1.29, 1.82) is 0 Å². The summed E-state index contributed by atoms with van der Waals surface area (Å²) >= 11 is 0. The number of nitrogens with one attached hydrogen (secondary N) is 1. The lowest BCUT2D eigenvalue weighted by Crippen LogP contribution is -2.31. The van der Waals surface area contributed by atoms with Gasteiger partial charge in [-0.05, 0) is 56.1 Å². The van der Waals surface area contributed by atoms with E-state index in [0.29, 0.717) is 18.0 Å². The van der Waals surface area contributed by atoms with E-state index in [2.05, 4.69) is 33.9 Å². The summed E-state index contributed by atoms with van der Waals surface area (Å²) in [6, 6.07) is -0.0635. The fourth-order valence-electron chi connectivity index (χ4n) is 3.34. The fraction of sp³-hybridized carbons (Fsp3) is 0.500. The van der Waals surface area contributed by atoms with Gasteiger partial charge in [0, 0.05) is 11.8 Å². The van der Waals surface area contributed by atoms with Crippen LogP contribution in [0.4, 0.5) is 13.2 Å². The summed E-state index contributed by atoms with van der Waals surface area (Å²) < 4.78 is 37.9. The first-order valence-electron chi connectivity index (χ1n) is 9.53. The molecule has 0 aromatic carbocycles. The average molecular weight is 393 g/mol. The van der Waals surface area contributed by atoms with Crippen molar-refractivity contribution in [3.8, 4) is 0 Å². The van der Waals surface area contributed by atoms with Crippen molar-refractivity contribution >= 4 is 5.84 Å². The molecule has 152 valence electrons. The Hall–Kier alpha value is -2.51. The molecule has 1 unspecified atom stereocenters. The molecular formula is C20H26F3N5. The molecule has 5 nitrogen and oxygen atoms in total. The zero-order valence-corrected chi connectivity index (χ0v) is 16.0. The Labute approximate surface area is 162 Å². The highest BCUT2D eigenvalue weighted by atomic mass is 19.4. The molecule has 1 aromatic heterocycles. The summed E-state index contributed by atoms with van der Waals surface area (Å²) in [4.78, 5) is 5.63. The summed E-state index contributed by atoms with van der Waals surface area (Å²) in [5.41, 5.74) is 8.57. The first kappa shape index (κ1) is 20.2. The third-order valence-corrected chi connectivity index (χ3v) is 5.15. The molecule has 1 heterocycles. The van der Waals surface area contributed by atoms with Crippen molar-refractivity contribution in [1.82, 2.24) is 15.0 Å². The number of hydrogen-bond donors (Lipinski definition) is 2. The number of nitrogens with zero attached hydrogens (tertiary/aromatic N) is 3. The Morgan fingerprint density at radius 3 is 2.57 bits per heavy atom. The minimum atomic E-state index is -4.51. The molecule has 3 N–H and O–H groups in total. The fourth-order valence-corrected chi connectivity index (χ4v) is 3.34. The van der Waals surface area contributed by atoms with Crippen molar-refractivity contribution < 1.29 is 13.2 Å². The van der Waals surface area contributed by atoms with Crippen LogP contribution in [0, 0.1) is 5.92 Å². The van der Waals surface area contributed by atoms with Crippen LogP contribution in [-0.2, 0) is 6.18 Å². The second-order valence-corrected chi connectivity index (χ2v) is 7.45. The number of allylic oxidation sites excluding steroid dienone is 6. The Balaban J connectivity index is 1.77. The van der Waals surface area contributed by atoms with Crippen LogP contribution in [0.3, 0.4) is 0 Å². The van der Waals surface area contributed by atoms with Crippen LogP contribution in [0.25, 0.3) is 0 Å². The smallest absolute Gasteiger partial charge is 0.402 e. The van der Waals surface area contributed by atoms with Crippen molar-refractivity contribution in [3.63, 3.8) is 0 Å². The molecule has 2 aliphatic rings. The molecule has 0 saturated heterocycles. The van der Waals surface area contributed by atoms with Gasteiger partial charge in [-0.2, -0.15) is 18.0 Å². The molecule has 28 heavy (non-hydrogen) atoms. The largest absolute Gasteiger partial charge is 0.452 e. The van der Waals surface area contributed by atoms with Gasteiger partial charge in [0.2, 0.25) is 0 Å². The van der Waals surface area contributed by atoms with Crippen LogP contribution >= 0.6 is 0 Å². The number of nitrogens with two attached hydrogens (primary N) is 1. The quantitative estimate of drug-likeness (QED) is 0.561. The molecule has 0 aliphatic heterocycles. The van der Waals surface area contributed by atoms with Gasteiger partial charge in [0.25, 0.3) is 5.82 Å². The van der Waals surface area contributed by atoms with Gasteiger partial charge in [-0.1, -0.05) is 31.2 Å². The van der Waals surface area contributed by atoms with Crippen molar-refractivity contribution in [3.05, 3.63) is 53.6 Å². The zero-order chi connectivity index (χ0) is 20.3. The molecule has 0 radical (unpaired) electrons. The summed E-state index contributed by atoms with van der Waals surface area (Å²) in [7, 11) is 0. The monoisotopic (exact) mass is 393 g/mol. The maximum absolute atomic E-state index is 12.6. The van der Waals surface area contributed by atoms with Crippen molar-refractivity contribution in [2.45, 2.75) is 57.7 Å². The Kier molecular flexibility index (Phi) is 5.96. The van der Waals surface area contributed by atoms with E-state index < -0.39 is 12.0 Å². The molecule has 1 saturated carbocycles. The highest BCUT2D eigenvalue weighted by Crippen LogP contribution is 2.32. The van der Waals surface area contributed by atoms with E-state index in [9.17, 15) is 13.2 Å².